The lowest BCUT2D eigenvalue weighted by atomic mass is 10.0. The standard InChI is InChI=1S/C11H22N2S2/c1-4-11(5-2,15-3)8-12-10(14)13-9-6-7-9/h9H,4-8H2,1-3H3,(H2,12,13,14). The Labute approximate surface area is 103 Å². The van der Waals surface area contributed by atoms with Crippen molar-refractivity contribution in [2.45, 2.75) is 50.3 Å². The van der Waals surface area contributed by atoms with Crippen molar-refractivity contribution in [3.05, 3.63) is 0 Å². The summed E-state index contributed by atoms with van der Waals surface area (Å²) in [5.41, 5.74) is 0. The lowest BCUT2D eigenvalue weighted by Crippen LogP contribution is -2.44. The monoisotopic (exact) mass is 246 g/mol. The van der Waals surface area contributed by atoms with Gasteiger partial charge in [0.15, 0.2) is 5.11 Å². The molecular formula is C11H22N2S2. The van der Waals surface area contributed by atoms with Crippen LogP contribution < -0.4 is 10.6 Å². The molecule has 0 bridgehead atoms. The highest BCUT2D eigenvalue weighted by Gasteiger charge is 2.26. The molecule has 1 fully saturated rings. The van der Waals surface area contributed by atoms with Crippen LogP contribution in [0, 0.1) is 0 Å². The fourth-order valence-corrected chi connectivity index (χ4v) is 2.60. The second kappa shape index (κ2) is 5.94. The lowest BCUT2D eigenvalue weighted by Gasteiger charge is -2.30. The fourth-order valence-electron chi connectivity index (χ4n) is 1.57. The van der Waals surface area contributed by atoms with Gasteiger partial charge in [0.25, 0.3) is 0 Å². The highest BCUT2D eigenvalue weighted by atomic mass is 32.2. The van der Waals surface area contributed by atoms with Crippen LogP contribution in [0.15, 0.2) is 0 Å². The van der Waals surface area contributed by atoms with Gasteiger partial charge in [0, 0.05) is 17.3 Å². The molecule has 4 heteroatoms. The third-order valence-corrected chi connectivity index (χ3v) is 5.06. The molecule has 15 heavy (non-hydrogen) atoms. The quantitative estimate of drug-likeness (QED) is 0.703. The molecule has 2 nitrogen and oxygen atoms in total. The van der Waals surface area contributed by atoms with Crippen molar-refractivity contribution < 1.29 is 0 Å². The zero-order chi connectivity index (χ0) is 11.3. The predicted molar refractivity (Wildman–Crippen MR) is 73.6 cm³/mol. The Balaban J connectivity index is 2.28. The molecule has 88 valence electrons. The maximum atomic E-state index is 5.25. The SMILES string of the molecule is CCC(CC)(CNC(=S)NC1CC1)SC. The van der Waals surface area contributed by atoms with Crippen LogP contribution in [0.5, 0.6) is 0 Å². The van der Waals surface area contributed by atoms with Gasteiger partial charge in [-0.2, -0.15) is 11.8 Å². The minimum absolute atomic E-state index is 0.343. The maximum Gasteiger partial charge on any atom is 0.166 e. The fraction of sp³-hybridized carbons (Fsp3) is 0.909. The van der Waals surface area contributed by atoms with Gasteiger partial charge in [0.2, 0.25) is 0 Å². The molecule has 0 heterocycles. The molecule has 0 aliphatic heterocycles. The molecule has 0 atom stereocenters. The van der Waals surface area contributed by atoms with Crippen LogP contribution in [0.1, 0.15) is 39.5 Å². The Morgan fingerprint density at radius 3 is 2.40 bits per heavy atom. The van der Waals surface area contributed by atoms with E-state index in [0.29, 0.717) is 10.8 Å². The van der Waals surface area contributed by atoms with Gasteiger partial charge in [-0.05, 0) is 44.2 Å². The van der Waals surface area contributed by atoms with E-state index < -0.39 is 0 Å². The van der Waals surface area contributed by atoms with E-state index in [2.05, 4.69) is 30.7 Å². The predicted octanol–water partition coefficient (Wildman–Crippen LogP) is 2.53. The lowest BCUT2D eigenvalue weighted by molar-refractivity contribution is 0.535. The average molecular weight is 246 g/mol. The summed E-state index contributed by atoms with van der Waals surface area (Å²) in [6.07, 6.45) is 7.10. The van der Waals surface area contributed by atoms with Crippen LogP contribution in [-0.2, 0) is 0 Å². The first-order chi connectivity index (χ1) is 7.15. The van der Waals surface area contributed by atoms with Crippen LogP contribution in [0.4, 0.5) is 0 Å². The Bertz CT molecular complexity index is 202. The molecule has 0 aromatic carbocycles. The first-order valence-corrected chi connectivity index (χ1v) is 7.38. The normalized spacial score (nSPS) is 16.2. The minimum Gasteiger partial charge on any atom is -0.361 e. The minimum atomic E-state index is 0.343. The van der Waals surface area contributed by atoms with Gasteiger partial charge in [-0.25, -0.2) is 0 Å². The van der Waals surface area contributed by atoms with E-state index >= 15 is 0 Å². The summed E-state index contributed by atoms with van der Waals surface area (Å²) in [5, 5.41) is 7.49. The second-order valence-electron chi connectivity index (χ2n) is 4.20. The molecule has 1 aliphatic rings. The summed E-state index contributed by atoms with van der Waals surface area (Å²) in [7, 11) is 0. The van der Waals surface area contributed by atoms with Crippen molar-refractivity contribution in [1.82, 2.24) is 10.6 Å². The highest BCUT2D eigenvalue weighted by Crippen LogP contribution is 2.29. The van der Waals surface area contributed by atoms with Crippen molar-refractivity contribution >= 4 is 29.1 Å². The van der Waals surface area contributed by atoms with E-state index in [4.69, 9.17) is 12.2 Å². The van der Waals surface area contributed by atoms with Gasteiger partial charge in [-0.3, -0.25) is 0 Å². The summed E-state index contributed by atoms with van der Waals surface area (Å²) < 4.78 is 0.343. The van der Waals surface area contributed by atoms with Crippen molar-refractivity contribution in [1.29, 1.82) is 0 Å². The molecule has 0 unspecified atom stereocenters. The molecule has 0 aromatic rings. The van der Waals surface area contributed by atoms with Gasteiger partial charge in [0.05, 0.1) is 0 Å². The summed E-state index contributed by atoms with van der Waals surface area (Å²) in [4.78, 5) is 0. The topological polar surface area (TPSA) is 24.1 Å². The first kappa shape index (κ1) is 13.1. The molecule has 1 aliphatic carbocycles. The molecule has 0 spiro atoms. The van der Waals surface area contributed by atoms with Gasteiger partial charge in [-0.1, -0.05) is 13.8 Å². The van der Waals surface area contributed by atoms with Gasteiger partial charge >= 0.3 is 0 Å². The molecule has 0 saturated heterocycles. The third kappa shape index (κ3) is 4.19. The molecule has 0 radical (unpaired) electrons. The summed E-state index contributed by atoms with van der Waals surface area (Å²) in [6, 6.07) is 0.650. The average Bonchev–Trinajstić information content (AvgIpc) is 3.05. The summed E-state index contributed by atoms with van der Waals surface area (Å²) in [5.74, 6) is 0. The van der Waals surface area contributed by atoms with Crippen molar-refractivity contribution in [2.24, 2.45) is 0 Å². The Hall–Kier alpha value is 0.0400. The smallest absolute Gasteiger partial charge is 0.166 e. The van der Waals surface area contributed by atoms with Crippen molar-refractivity contribution in [3.8, 4) is 0 Å². The van der Waals surface area contributed by atoms with Crippen LogP contribution >= 0.6 is 24.0 Å². The highest BCUT2D eigenvalue weighted by molar-refractivity contribution is 8.00. The zero-order valence-corrected chi connectivity index (χ0v) is 11.6. The summed E-state index contributed by atoms with van der Waals surface area (Å²) in [6.45, 7) is 5.47. The van der Waals surface area contributed by atoms with E-state index in [0.717, 1.165) is 11.7 Å². The van der Waals surface area contributed by atoms with Gasteiger partial charge < -0.3 is 10.6 Å². The summed E-state index contributed by atoms with van der Waals surface area (Å²) >= 11 is 7.19. The first-order valence-electron chi connectivity index (χ1n) is 5.75. The maximum absolute atomic E-state index is 5.25. The number of rotatable bonds is 6. The molecule has 1 saturated carbocycles. The van der Waals surface area contributed by atoms with Crippen molar-refractivity contribution in [2.75, 3.05) is 12.8 Å². The third-order valence-electron chi connectivity index (χ3n) is 3.21. The van der Waals surface area contributed by atoms with Gasteiger partial charge in [0.1, 0.15) is 0 Å². The Morgan fingerprint density at radius 1 is 1.40 bits per heavy atom. The number of thiocarbonyl (C=S) groups is 1. The van der Waals surface area contributed by atoms with Crippen LogP contribution in [-0.4, -0.2) is 28.7 Å². The van der Waals surface area contributed by atoms with E-state index in [-0.39, 0.29) is 0 Å². The van der Waals surface area contributed by atoms with Gasteiger partial charge in [-0.15, -0.1) is 0 Å². The number of nitrogens with one attached hydrogen (secondary N) is 2. The number of thioether (sulfide) groups is 1. The number of hydrogen-bond donors (Lipinski definition) is 2. The van der Waals surface area contributed by atoms with E-state index in [1.807, 2.05) is 11.8 Å². The molecule has 0 aromatic heterocycles. The number of hydrogen-bond acceptors (Lipinski definition) is 2. The van der Waals surface area contributed by atoms with E-state index in [1.165, 1.54) is 25.7 Å². The second-order valence-corrected chi connectivity index (χ2v) is 5.88. The van der Waals surface area contributed by atoms with Crippen LogP contribution in [0.25, 0.3) is 0 Å². The molecule has 2 N–H and O–H groups in total. The van der Waals surface area contributed by atoms with E-state index in [9.17, 15) is 0 Å². The molecule has 0 amide bonds. The van der Waals surface area contributed by atoms with E-state index in [1.54, 1.807) is 0 Å². The van der Waals surface area contributed by atoms with Crippen molar-refractivity contribution in [3.63, 3.8) is 0 Å². The zero-order valence-electron chi connectivity index (χ0n) is 9.93. The molecule has 1 rings (SSSR count). The van der Waals surface area contributed by atoms with Crippen LogP contribution in [0.2, 0.25) is 0 Å². The Morgan fingerprint density at radius 2 is 2.00 bits per heavy atom. The largest absolute Gasteiger partial charge is 0.361 e. The van der Waals surface area contributed by atoms with Crippen LogP contribution in [0.3, 0.4) is 0 Å². The molecular weight excluding hydrogens is 224 g/mol. The Kier molecular flexibility index (Phi) is 5.19.